The molecule has 1 heterocycles. The third-order valence-electron chi connectivity index (χ3n) is 2.62. The summed E-state index contributed by atoms with van der Waals surface area (Å²) >= 11 is 0. The van der Waals surface area contributed by atoms with E-state index in [2.05, 4.69) is 20.8 Å². The third kappa shape index (κ3) is 2.48. The summed E-state index contributed by atoms with van der Waals surface area (Å²) in [6.45, 7) is 7.79. The van der Waals surface area contributed by atoms with Crippen LogP contribution in [0.2, 0.25) is 0 Å². The van der Waals surface area contributed by atoms with Crippen molar-refractivity contribution in [2.24, 2.45) is 5.92 Å². The minimum absolute atomic E-state index is 0.201. The third-order valence-corrected chi connectivity index (χ3v) is 2.62. The van der Waals surface area contributed by atoms with Crippen LogP contribution in [0.1, 0.15) is 46.5 Å². The maximum atomic E-state index is 5.78. The van der Waals surface area contributed by atoms with Crippen molar-refractivity contribution < 1.29 is 4.74 Å². The normalized spacial score (nSPS) is 39.0. The largest absolute Gasteiger partial charge is 0.375 e. The van der Waals surface area contributed by atoms with Crippen LogP contribution in [-0.2, 0) is 4.74 Å². The smallest absolute Gasteiger partial charge is 0.0657 e. The molecular weight excluding hydrogens is 136 g/mol. The minimum atomic E-state index is 0.201. The summed E-state index contributed by atoms with van der Waals surface area (Å²) in [5.41, 5.74) is 0.201. The van der Waals surface area contributed by atoms with E-state index in [0.29, 0.717) is 0 Å². The number of rotatable bonds is 2. The summed E-state index contributed by atoms with van der Waals surface area (Å²) in [5, 5.41) is 0. The van der Waals surface area contributed by atoms with E-state index >= 15 is 0 Å². The zero-order valence-electron chi connectivity index (χ0n) is 8.02. The summed E-state index contributed by atoms with van der Waals surface area (Å²) < 4.78 is 5.78. The Bertz CT molecular complexity index is 118. The number of hydrogen-bond acceptors (Lipinski definition) is 1. The minimum Gasteiger partial charge on any atom is -0.375 e. The molecule has 1 saturated heterocycles. The molecule has 1 rings (SSSR count). The highest BCUT2D eigenvalue weighted by Crippen LogP contribution is 2.31. The van der Waals surface area contributed by atoms with Gasteiger partial charge in [0.2, 0.25) is 0 Å². The number of ether oxygens (including phenoxy) is 1. The first kappa shape index (κ1) is 9.05. The van der Waals surface area contributed by atoms with Crippen LogP contribution in [0.3, 0.4) is 0 Å². The molecule has 0 bridgehead atoms. The van der Waals surface area contributed by atoms with E-state index in [-0.39, 0.29) is 5.60 Å². The van der Waals surface area contributed by atoms with Crippen molar-refractivity contribution in [3.8, 4) is 0 Å². The maximum Gasteiger partial charge on any atom is 0.0657 e. The quantitative estimate of drug-likeness (QED) is 0.597. The van der Waals surface area contributed by atoms with E-state index in [1.165, 1.54) is 25.7 Å². The van der Waals surface area contributed by atoms with Gasteiger partial charge in [-0.15, -0.1) is 0 Å². The van der Waals surface area contributed by atoms with Gasteiger partial charge in [-0.2, -0.15) is 0 Å². The molecule has 0 aliphatic carbocycles. The molecule has 0 radical (unpaired) electrons. The molecule has 0 aromatic heterocycles. The molecule has 0 spiro atoms. The Morgan fingerprint density at radius 3 is 2.82 bits per heavy atom. The van der Waals surface area contributed by atoms with Crippen LogP contribution in [0, 0.1) is 5.92 Å². The molecule has 1 heteroatoms. The van der Waals surface area contributed by atoms with Crippen LogP contribution in [-0.4, -0.2) is 12.2 Å². The second-order valence-corrected chi connectivity index (χ2v) is 4.15. The Morgan fingerprint density at radius 2 is 2.27 bits per heavy atom. The van der Waals surface area contributed by atoms with Crippen LogP contribution >= 0.6 is 0 Å². The van der Waals surface area contributed by atoms with Crippen molar-refractivity contribution in [3.05, 3.63) is 0 Å². The van der Waals surface area contributed by atoms with E-state index < -0.39 is 0 Å². The fourth-order valence-electron chi connectivity index (χ4n) is 2.11. The van der Waals surface area contributed by atoms with Gasteiger partial charge < -0.3 is 4.74 Å². The standard InChI is InChI=1S/C10H20O/c1-4-6-10(3)8-9(2)5-7-11-10/h9H,4-8H2,1-3H3. The van der Waals surface area contributed by atoms with E-state index in [9.17, 15) is 0 Å². The first-order valence-electron chi connectivity index (χ1n) is 4.80. The summed E-state index contributed by atoms with van der Waals surface area (Å²) in [4.78, 5) is 0. The van der Waals surface area contributed by atoms with Crippen molar-refractivity contribution in [2.45, 2.75) is 52.1 Å². The molecular formula is C10H20O. The Labute approximate surface area is 70.1 Å². The van der Waals surface area contributed by atoms with Crippen molar-refractivity contribution >= 4 is 0 Å². The summed E-state index contributed by atoms with van der Waals surface area (Å²) in [7, 11) is 0. The second-order valence-electron chi connectivity index (χ2n) is 4.15. The molecule has 11 heavy (non-hydrogen) atoms. The molecule has 0 N–H and O–H groups in total. The van der Waals surface area contributed by atoms with Gasteiger partial charge in [-0.3, -0.25) is 0 Å². The zero-order valence-corrected chi connectivity index (χ0v) is 8.02. The molecule has 2 atom stereocenters. The second kappa shape index (κ2) is 3.57. The van der Waals surface area contributed by atoms with Gasteiger partial charge in [0.15, 0.2) is 0 Å². The molecule has 1 aliphatic heterocycles. The molecule has 66 valence electrons. The van der Waals surface area contributed by atoms with Gasteiger partial charge in [0.25, 0.3) is 0 Å². The van der Waals surface area contributed by atoms with Crippen molar-refractivity contribution in [1.82, 2.24) is 0 Å². The highest BCUT2D eigenvalue weighted by atomic mass is 16.5. The molecule has 1 aliphatic rings. The zero-order chi connectivity index (χ0) is 8.32. The van der Waals surface area contributed by atoms with Crippen LogP contribution in [0.15, 0.2) is 0 Å². The highest BCUT2D eigenvalue weighted by Gasteiger charge is 2.29. The van der Waals surface area contributed by atoms with Crippen molar-refractivity contribution in [3.63, 3.8) is 0 Å². The first-order chi connectivity index (χ1) is 5.16. The van der Waals surface area contributed by atoms with Crippen molar-refractivity contribution in [2.75, 3.05) is 6.61 Å². The Hall–Kier alpha value is -0.0400. The summed E-state index contributed by atoms with van der Waals surface area (Å²) in [5.74, 6) is 0.861. The molecule has 0 aromatic rings. The van der Waals surface area contributed by atoms with Gasteiger partial charge in [0.1, 0.15) is 0 Å². The lowest BCUT2D eigenvalue weighted by atomic mass is 9.85. The lowest BCUT2D eigenvalue weighted by Gasteiger charge is -2.37. The lowest BCUT2D eigenvalue weighted by Crippen LogP contribution is -2.35. The van der Waals surface area contributed by atoms with Crippen LogP contribution < -0.4 is 0 Å². The molecule has 0 saturated carbocycles. The van der Waals surface area contributed by atoms with Gasteiger partial charge in [-0.25, -0.2) is 0 Å². The van der Waals surface area contributed by atoms with E-state index in [0.717, 1.165) is 12.5 Å². The predicted octanol–water partition coefficient (Wildman–Crippen LogP) is 2.99. The van der Waals surface area contributed by atoms with Gasteiger partial charge in [0.05, 0.1) is 5.60 Å². The molecule has 0 amide bonds. The molecule has 2 unspecified atom stereocenters. The Balaban J connectivity index is 2.41. The van der Waals surface area contributed by atoms with E-state index in [4.69, 9.17) is 4.74 Å². The molecule has 1 fully saturated rings. The fourth-order valence-corrected chi connectivity index (χ4v) is 2.11. The van der Waals surface area contributed by atoms with Crippen LogP contribution in [0.4, 0.5) is 0 Å². The Morgan fingerprint density at radius 1 is 1.55 bits per heavy atom. The molecule has 0 aromatic carbocycles. The highest BCUT2D eigenvalue weighted by molar-refractivity contribution is 4.80. The summed E-state index contributed by atoms with van der Waals surface area (Å²) in [6.07, 6.45) is 4.96. The maximum absolute atomic E-state index is 5.78. The van der Waals surface area contributed by atoms with Gasteiger partial charge >= 0.3 is 0 Å². The predicted molar refractivity (Wildman–Crippen MR) is 47.7 cm³/mol. The average Bonchev–Trinajstić information content (AvgIpc) is 1.86. The van der Waals surface area contributed by atoms with Gasteiger partial charge in [-0.05, 0) is 32.1 Å². The monoisotopic (exact) mass is 156 g/mol. The fraction of sp³-hybridized carbons (Fsp3) is 1.00. The molecule has 1 nitrogen and oxygen atoms in total. The Kier molecular flexibility index (Phi) is 2.94. The van der Waals surface area contributed by atoms with E-state index in [1.54, 1.807) is 0 Å². The SMILES string of the molecule is CCCC1(C)CC(C)CCO1. The van der Waals surface area contributed by atoms with Crippen LogP contribution in [0.25, 0.3) is 0 Å². The van der Waals surface area contributed by atoms with Gasteiger partial charge in [0, 0.05) is 6.61 Å². The van der Waals surface area contributed by atoms with Gasteiger partial charge in [-0.1, -0.05) is 20.3 Å². The number of hydrogen-bond donors (Lipinski definition) is 0. The lowest BCUT2D eigenvalue weighted by molar-refractivity contribution is -0.0871. The first-order valence-corrected chi connectivity index (χ1v) is 4.80. The van der Waals surface area contributed by atoms with Crippen LogP contribution in [0.5, 0.6) is 0 Å². The topological polar surface area (TPSA) is 9.23 Å². The van der Waals surface area contributed by atoms with E-state index in [1.807, 2.05) is 0 Å². The van der Waals surface area contributed by atoms with Crippen molar-refractivity contribution in [1.29, 1.82) is 0 Å². The average molecular weight is 156 g/mol. The summed E-state index contributed by atoms with van der Waals surface area (Å²) in [6, 6.07) is 0.